The minimum absolute atomic E-state index is 0.0833. The molecule has 150 valence electrons. The maximum atomic E-state index is 13.4. The van der Waals surface area contributed by atoms with Crippen LogP contribution < -0.4 is 10.2 Å². The Morgan fingerprint density at radius 2 is 1.97 bits per heavy atom. The average Bonchev–Trinajstić information content (AvgIpc) is 3.32. The molecule has 0 saturated carbocycles. The van der Waals surface area contributed by atoms with E-state index in [4.69, 9.17) is 4.42 Å². The second kappa shape index (κ2) is 8.21. The highest BCUT2D eigenvalue weighted by atomic mass is 19.1. The molecule has 1 aliphatic heterocycles. The van der Waals surface area contributed by atoms with E-state index in [2.05, 4.69) is 5.32 Å². The predicted molar refractivity (Wildman–Crippen MR) is 114 cm³/mol. The predicted octanol–water partition coefficient (Wildman–Crippen LogP) is 4.31. The fraction of sp³-hybridized carbons (Fsp3) is 0.292. The monoisotopic (exact) mass is 392 g/mol. The van der Waals surface area contributed by atoms with Crippen LogP contribution in [0.3, 0.4) is 0 Å². The van der Waals surface area contributed by atoms with Gasteiger partial charge in [-0.1, -0.05) is 18.2 Å². The molecule has 3 aromatic rings. The highest BCUT2D eigenvalue weighted by molar-refractivity contribution is 5.91. The number of allylic oxidation sites excluding steroid dienone is 1. The van der Waals surface area contributed by atoms with Crippen molar-refractivity contribution in [1.82, 2.24) is 5.32 Å². The number of halogens is 1. The molecule has 5 heteroatoms. The van der Waals surface area contributed by atoms with Crippen LogP contribution in [0.2, 0.25) is 0 Å². The third-order valence-electron chi connectivity index (χ3n) is 5.48. The fourth-order valence-electron chi connectivity index (χ4n) is 3.83. The van der Waals surface area contributed by atoms with Crippen molar-refractivity contribution in [3.05, 3.63) is 77.8 Å². The maximum absolute atomic E-state index is 13.4. The van der Waals surface area contributed by atoms with Crippen molar-refractivity contribution >= 4 is 22.4 Å². The summed E-state index contributed by atoms with van der Waals surface area (Å²) in [7, 11) is 3.99. The summed E-state index contributed by atoms with van der Waals surface area (Å²) in [5, 5.41) is 4.14. The van der Waals surface area contributed by atoms with Crippen LogP contribution in [0.5, 0.6) is 0 Å². The molecule has 0 aliphatic carbocycles. The summed E-state index contributed by atoms with van der Waals surface area (Å²) in [5.74, 6) is 0.946. The molecule has 0 unspecified atom stereocenters. The zero-order valence-electron chi connectivity index (χ0n) is 16.7. The number of hydrogen-bond acceptors (Lipinski definition) is 4. The lowest BCUT2D eigenvalue weighted by Gasteiger charge is -2.12. The molecule has 1 saturated heterocycles. The standard InChI is InChI=1S/C24H25FN2O2/c1-27(2)20-7-3-16(4-8-20)11-21(28)9-5-17-14-26-15-22(17)24-13-18-12-19(25)6-10-23(18)29-24/h3-10,12-13,17,22,26H,11,14-15H2,1-2H3/b9-5+/t17-,22-/m1/s1. The molecule has 0 spiro atoms. The number of hydrogen-bond donors (Lipinski definition) is 1. The summed E-state index contributed by atoms with van der Waals surface area (Å²) in [4.78, 5) is 14.5. The van der Waals surface area contributed by atoms with Crippen LogP contribution in [-0.2, 0) is 11.2 Å². The van der Waals surface area contributed by atoms with Crippen molar-refractivity contribution in [1.29, 1.82) is 0 Å². The van der Waals surface area contributed by atoms with Crippen LogP contribution >= 0.6 is 0 Å². The zero-order chi connectivity index (χ0) is 20.4. The maximum Gasteiger partial charge on any atom is 0.159 e. The van der Waals surface area contributed by atoms with Crippen LogP contribution in [-0.4, -0.2) is 33.0 Å². The van der Waals surface area contributed by atoms with E-state index in [0.29, 0.717) is 12.0 Å². The van der Waals surface area contributed by atoms with Gasteiger partial charge < -0.3 is 14.6 Å². The third-order valence-corrected chi connectivity index (χ3v) is 5.48. The largest absolute Gasteiger partial charge is 0.461 e. The van der Waals surface area contributed by atoms with Gasteiger partial charge in [0.25, 0.3) is 0 Å². The number of fused-ring (bicyclic) bond motifs is 1. The molecule has 2 heterocycles. The SMILES string of the molecule is CN(C)c1ccc(CC(=O)/C=C/[C@@H]2CNC[C@H]2c2cc3cc(F)ccc3o2)cc1. The summed E-state index contributed by atoms with van der Waals surface area (Å²) in [5.41, 5.74) is 2.81. The smallest absolute Gasteiger partial charge is 0.159 e. The number of ketones is 1. The fourth-order valence-corrected chi connectivity index (χ4v) is 3.83. The van der Waals surface area contributed by atoms with E-state index in [0.717, 1.165) is 35.5 Å². The Balaban J connectivity index is 1.43. The molecular weight excluding hydrogens is 367 g/mol. The number of carbonyl (C=O) groups excluding carboxylic acids is 1. The first-order chi connectivity index (χ1) is 14.0. The Labute approximate surface area is 170 Å². The van der Waals surface area contributed by atoms with E-state index in [9.17, 15) is 9.18 Å². The first kappa shape index (κ1) is 19.4. The number of carbonyl (C=O) groups is 1. The first-order valence-electron chi connectivity index (χ1n) is 9.86. The van der Waals surface area contributed by atoms with Gasteiger partial charge >= 0.3 is 0 Å². The van der Waals surface area contributed by atoms with Crippen LogP contribution in [0.15, 0.2) is 65.1 Å². The number of benzene rings is 2. The number of furan rings is 1. The summed E-state index contributed by atoms with van der Waals surface area (Å²) in [6.45, 7) is 1.56. The summed E-state index contributed by atoms with van der Waals surface area (Å²) >= 11 is 0. The number of rotatable bonds is 6. The normalized spacial score (nSPS) is 19.3. The van der Waals surface area contributed by atoms with Gasteiger partial charge in [-0.05, 0) is 48.0 Å². The Morgan fingerprint density at radius 3 is 2.72 bits per heavy atom. The quantitative estimate of drug-likeness (QED) is 0.635. The van der Waals surface area contributed by atoms with Crippen molar-refractivity contribution in [3.8, 4) is 0 Å². The minimum Gasteiger partial charge on any atom is -0.461 e. The van der Waals surface area contributed by atoms with Crippen molar-refractivity contribution < 1.29 is 13.6 Å². The summed E-state index contributed by atoms with van der Waals surface area (Å²) in [6.07, 6.45) is 4.06. The van der Waals surface area contributed by atoms with E-state index in [1.54, 1.807) is 12.1 Å². The van der Waals surface area contributed by atoms with E-state index in [-0.39, 0.29) is 23.4 Å². The van der Waals surface area contributed by atoms with Crippen LogP contribution in [0.25, 0.3) is 11.0 Å². The van der Waals surface area contributed by atoms with Gasteiger partial charge in [0.15, 0.2) is 5.78 Å². The number of nitrogens with zero attached hydrogens (tertiary/aromatic N) is 1. The average molecular weight is 392 g/mol. The lowest BCUT2D eigenvalue weighted by atomic mass is 9.92. The van der Waals surface area contributed by atoms with Crippen molar-refractivity contribution in [2.24, 2.45) is 5.92 Å². The molecule has 4 rings (SSSR count). The topological polar surface area (TPSA) is 45.5 Å². The van der Waals surface area contributed by atoms with Crippen LogP contribution in [0.4, 0.5) is 10.1 Å². The lowest BCUT2D eigenvalue weighted by Crippen LogP contribution is -2.09. The van der Waals surface area contributed by atoms with Gasteiger partial charge in [-0.15, -0.1) is 0 Å². The zero-order valence-corrected chi connectivity index (χ0v) is 16.7. The molecule has 0 amide bonds. The van der Waals surface area contributed by atoms with E-state index in [1.165, 1.54) is 12.1 Å². The molecule has 1 fully saturated rings. The highest BCUT2D eigenvalue weighted by Gasteiger charge is 2.29. The molecule has 1 aromatic heterocycles. The van der Waals surface area contributed by atoms with Gasteiger partial charge in [0, 0.05) is 56.5 Å². The molecule has 1 aliphatic rings. The Kier molecular flexibility index (Phi) is 5.49. The van der Waals surface area contributed by atoms with Crippen molar-refractivity contribution in [3.63, 3.8) is 0 Å². The molecule has 2 atom stereocenters. The summed E-state index contributed by atoms with van der Waals surface area (Å²) < 4.78 is 19.4. The van der Waals surface area contributed by atoms with Gasteiger partial charge in [-0.25, -0.2) is 4.39 Å². The molecule has 29 heavy (non-hydrogen) atoms. The van der Waals surface area contributed by atoms with E-state index < -0.39 is 0 Å². The van der Waals surface area contributed by atoms with Gasteiger partial charge in [-0.2, -0.15) is 0 Å². The lowest BCUT2D eigenvalue weighted by molar-refractivity contribution is -0.114. The van der Waals surface area contributed by atoms with Crippen LogP contribution in [0.1, 0.15) is 17.2 Å². The molecule has 1 N–H and O–H groups in total. The van der Waals surface area contributed by atoms with Gasteiger partial charge in [0.2, 0.25) is 0 Å². The molecular formula is C24H25FN2O2. The third kappa shape index (κ3) is 4.40. The molecule has 4 nitrogen and oxygen atoms in total. The van der Waals surface area contributed by atoms with Gasteiger partial charge in [0.1, 0.15) is 17.2 Å². The second-order valence-corrected chi connectivity index (χ2v) is 7.82. The van der Waals surface area contributed by atoms with Crippen molar-refractivity contribution in [2.45, 2.75) is 12.3 Å². The highest BCUT2D eigenvalue weighted by Crippen LogP contribution is 2.33. The van der Waals surface area contributed by atoms with E-state index in [1.807, 2.05) is 55.4 Å². The second-order valence-electron chi connectivity index (χ2n) is 7.82. The van der Waals surface area contributed by atoms with Gasteiger partial charge in [-0.3, -0.25) is 4.79 Å². The Bertz CT molecular complexity index is 1040. The van der Waals surface area contributed by atoms with Crippen molar-refractivity contribution in [2.75, 3.05) is 32.1 Å². The Hall–Kier alpha value is -2.92. The Morgan fingerprint density at radius 1 is 1.17 bits per heavy atom. The number of nitrogens with one attached hydrogen (secondary N) is 1. The van der Waals surface area contributed by atoms with Crippen LogP contribution in [0, 0.1) is 11.7 Å². The molecule has 0 bridgehead atoms. The molecule has 2 aromatic carbocycles. The van der Waals surface area contributed by atoms with Gasteiger partial charge in [0.05, 0.1) is 0 Å². The number of anilines is 1. The minimum atomic E-state index is -0.268. The summed E-state index contributed by atoms with van der Waals surface area (Å²) in [6, 6.07) is 14.5. The molecule has 0 radical (unpaired) electrons. The first-order valence-corrected chi connectivity index (χ1v) is 9.86. The van der Waals surface area contributed by atoms with E-state index >= 15 is 0 Å².